The van der Waals surface area contributed by atoms with Gasteiger partial charge >= 0.3 is 6.03 Å². The number of nitrogens with zero attached hydrogens (tertiary/aromatic N) is 1. The van der Waals surface area contributed by atoms with Crippen LogP contribution in [0, 0.1) is 0 Å². The van der Waals surface area contributed by atoms with E-state index in [1.807, 2.05) is 20.8 Å². The predicted octanol–water partition coefficient (Wildman–Crippen LogP) is 1.70. The molecule has 90 valence electrons. The van der Waals surface area contributed by atoms with E-state index in [1.165, 1.54) is 0 Å². The lowest BCUT2D eigenvalue weighted by Gasteiger charge is -2.20. The fourth-order valence-electron chi connectivity index (χ4n) is 1.23. The smallest absolute Gasteiger partial charge is 0.315 e. The van der Waals surface area contributed by atoms with Crippen molar-refractivity contribution in [2.75, 3.05) is 6.54 Å². The molecule has 5 heteroatoms. The third-order valence-electron chi connectivity index (χ3n) is 1.90. The van der Waals surface area contributed by atoms with Crippen molar-refractivity contribution in [3.63, 3.8) is 0 Å². The van der Waals surface area contributed by atoms with Crippen molar-refractivity contribution in [1.29, 1.82) is 0 Å². The van der Waals surface area contributed by atoms with E-state index >= 15 is 0 Å². The van der Waals surface area contributed by atoms with Gasteiger partial charge in [0.2, 0.25) is 0 Å². The first-order valence-electron chi connectivity index (χ1n) is 5.42. The number of carbonyl (C=O) groups is 1. The second-order valence-electron chi connectivity index (χ2n) is 4.77. The van der Waals surface area contributed by atoms with Gasteiger partial charge in [0.15, 0.2) is 0 Å². The molecule has 0 aromatic carbocycles. The Bertz CT molecular complexity index is 314. The molecule has 0 bridgehead atoms. The first-order chi connectivity index (χ1) is 7.47. The largest absolute Gasteiger partial charge is 0.364 e. The average molecular weight is 225 g/mol. The Balaban J connectivity index is 2.09. The van der Waals surface area contributed by atoms with Gasteiger partial charge in [0.05, 0.1) is 6.20 Å². The van der Waals surface area contributed by atoms with Gasteiger partial charge in [-0.2, -0.15) is 0 Å². The van der Waals surface area contributed by atoms with Crippen LogP contribution in [-0.2, 0) is 6.42 Å². The normalized spacial score (nSPS) is 11.2. The van der Waals surface area contributed by atoms with E-state index < -0.39 is 0 Å². The Morgan fingerprint density at radius 2 is 2.25 bits per heavy atom. The summed E-state index contributed by atoms with van der Waals surface area (Å²) < 4.78 is 4.71. The molecule has 2 amide bonds. The Morgan fingerprint density at radius 1 is 1.50 bits per heavy atom. The van der Waals surface area contributed by atoms with E-state index in [2.05, 4.69) is 15.8 Å². The van der Waals surface area contributed by atoms with Crippen LogP contribution in [0.2, 0.25) is 0 Å². The molecule has 1 aromatic heterocycles. The summed E-state index contributed by atoms with van der Waals surface area (Å²) in [5, 5.41) is 9.24. The van der Waals surface area contributed by atoms with Crippen LogP contribution in [0.3, 0.4) is 0 Å². The van der Waals surface area contributed by atoms with E-state index in [4.69, 9.17) is 4.52 Å². The van der Waals surface area contributed by atoms with E-state index in [1.54, 1.807) is 12.5 Å². The Morgan fingerprint density at radius 3 is 2.81 bits per heavy atom. The van der Waals surface area contributed by atoms with Crippen LogP contribution >= 0.6 is 0 Å². The molecule has 0 atom stereocenters. The van der Waals surface area contributed by atoms with Crippen LogP contribution in [0.5, 0.6) is 0 Å². The number of carbonyl (C=O) groups excluding carboxylic acids is 1. The standard InChI is InChI=1S/C11H19N3O2/c1-11(2,3)14-10(15)12-6-4-5-9-7-13-16-8-9/h7-8H,4-6H2,1-3H3,(H2,12,14,15). The molecular weight excluding hydrogens is 206 g/mol. The highest BCUT2D eigenvalue weighted by Gasteiger charge is 2.12. The second-order valence-corrected chi connectivity index (χ2v) is 4.77. The number of aryl methyl sites for hydroxylation is 1. The maximum atomic E-state index is 11.4. The Kier molecular flexibility index (Phi) is 4.34. The summed E-state index contributed by atoms with van der Waals surface area (Å²) in [5.74, 6) is 0. The van der Waals surface area contributed by atoms with Crippen molar-refractivity contribution in [2.24, 2.45) is 0 Å². The van der Waals surface area contributed by atoms with Gasteiger partial charge in [-0.05, 0) is 33.6 Å². The van der Waals surface area contributed by atoms with Crippen LogP contribution in [0.4, 0.5) is 4.79 Å². The van der Waals surface area contributed by atoms with Gasteiger partial charge in [0.1, 0.15) is 6.26 Å². The summed E-state index contributed by atoms with van der Waals surface area (Å²) in [5.41, 5.74) is 0.858. The number of nitrogens with one attached hydrogen (secondary N) is 2. The number of urea groups is 1. The molecule has 2 N–H and O–H groups in total. The first kappa shape index (κ1) is 12.5. The van der Waals surface area contributed by atoms with Gasteiger partial charge in [-0.1, -0.05) is 5.16 Å². The molecule has 5 nitrogen and oxygen atoms in total. The zero-order chi connectivity index (χ0) is 12.0. The number of hydrogen-bond donors (Lipinski definition) is 2. The molecule has 0 unspecified atom stereocenters. The van der Waals surface area contributed by atoms with Gasteiger partial charge in [0.25, 0.3) is 0 Å². The summed E-state index contributed by atoms with van der Waals surface area (Å²) in [4.78, 5) is 11.4. The lowest BCUT2D eigenvalue weighted by molar-refractivity contribution is 0.232. The molecule has 0 fully saturated rings. The molecule has 1 rings (SSSR count). The van der Waals surface area contributed by atoms with E-state index in [9.17, 15) is 4.79 Å². The molecule has 0 aliphatic carbocycles. The molecule has 0 saturated carbocycles. The molecule has 1 heterocycles. The third kappa shape index (κ3) is 5.38. The minimum Gasteiger partial charge on any atom is -0.364 e. The van der Waals surface area contributed by atoms with Crippen molar-refractivity contribution in [1.82, 2.24) is 15.8 Å². The van der Waals surface area contributed by atoms with E-state index in [0.717, 1.165) is 18.4 Å². The van der Waals surface area contributed by atoms with E-state index in [-0.39, 0.29) is 11.6 Å². The topological polar surface area (TPSA) is 67.2 Å². The maximum Gasteiger partial charge on any atom is 0.315 e. The van der Waals surface area contributed by atoms with Crippen molar-refractivity contribution in [2.45, 2.75) is 39.2 Å². The van der Waals surface area contributed by atoms with Crippen molar-refractivity contribution >= 4 is 6.03 Å². The quantitative estimate of drug-likeness (QED) is 0.766. The highest BCUT2D eigenvalue weighted by Crippen LogP contribution is 2.00. The van der Waals surface area contributed by atoms with Gasteiger partial charge in [0, 0.05) is 17.6 Å². The highest BCUT2D eigenvalue weighted by atomic mass is 16.5. The van der Waals surface area contributed by atoms with Crippen molar-refractivity contribution < 1.29 is 9.32 Å². The SMILES string of the molecule is CC(C)(C)NC(=O)NCCCc1cnoc1. The molecule has 0 aliphatic heterocycles. The summed E-state index contributed by atoms with van der Waals surface area (Å²) in [6.07, 6.45) is 5.04. The van der Waals surface area contributed by atoms with Crippen LogP contribution < -0.4 is 10.6 Å². The van der Waals surface area contributed by atoms with E-state index in [0.29, 0.717) is 6.54 Å². The minimum atomic E-state index is -0.196. The number of amides is 2. The predicted molar refractivity (Wildman–Crippen MR) is 61.1 cm³/mol. The fraction of sp³-hybridized carbons (Fsp3) is 0.636. The molecule has 0 radical (unpaired) electrons. The number of rotatable bonds is 4. The van der Waals surface area contributed by atoms with Crippen molar-refractivity contribution in [3.8, 4) is 0 Å². The molecule has 0 aliphatic rings. The lowest BCUT2D eigenvalue weighted by Crippen LogP contribution is -2.46. The second kappa shape index (κ2) is 5.53. The summed E-state index contributed by atoms with van der Waals surface area (Å²) in [6, 6.07) is -0.127. The van der Waals surface area contributed by atoms with Crippen molar-refractivity contribution in [3.05, 3.63) is 18.0 Å². The van der Waals surface area contributed by atoms with Gasteiger partial charge in [-0.15, -0.1) is 0 Å². The maximum absolute atomic E-state index is 11.4. The van der Waals surface area contributed by atoms with Gasteiger partial charge in [-0.3, -0.25) is 0 Å². The van der Waals surface area contributed by atoms with Gasteiger partial charge in [-0.25, -0.2) is 4.79 Å². The first-order valence-corrected chi connectivity index (χ1v) is 5.42. The molecule has 1 aromatic rings. The molecule has 0 spiro atoms. The van der Waals surface area contributed by atoms with Gasteiger partial charge < -0.3 is 15.2 Å². The summed E-state index contributed by atoms with van der Waals surface area (Å²) in [7, 11) is 0. The zero-order valence-electron chi connectivity index (χ0n) is 10.0. The monoisotopic (exact) mass is 225 g/mol. The minimum absolute atomic E-state index is 0.127. The van der Waals surface area contributed by atoms with Crippen LogP contribution in [-0.4, -0.2) is 23.3 Å². The van der Waals surface area contributed by atoms with Crippen LogP contribution in [0.15, 0.2) is 17.0 Å². The Hall–Kier alpha value is -1.52. The highest BCUT2D eigenvalue weighted by molar-refractivity contribution is 5.74. The van der Waals surface area contributed by atoms with Crippen LogP contribution in [0.25, 0.3) is 0 Å². The number of hydrogen-bond acceptors (Lipinski definition) is 3. The van der Waals surface area contributed by atoms with Crippen LogP contribution in [0.1, 0.15) is 32.8 Å². The molecule has 0 saturated heterocycles. The summed E-state index contributed by atoms with van der Waals surface area (Å²) in [6.45, 7) is 6.49. The fourth-order valence-corrected chi connectivity index (χ4v) is 1.23. The molecule has 16 heavy (non-hydrogen) atoms. The summed E-state index contributed by atoms with van der Waals surface area (Å²) >= 11 is 0. The zero-order valence-corrected chi connectivity index (χ0v) is 10.0. The third-order valence-corrected chi connectivity index (χ3v) is 1.90. The Labute approximate surface area is 95.6 Å². The molecular formula is C11H19N3O2. The number of aromatic nitrogens is 1. The lowest BCUT2D eigenvalue weighted by atomic mass is 10.1. The average Bonchev–Trinajstić information content (AvgIpc) is 2.62.